The van der Waals surface area contributed by atoms with Crippen LogP contribution in [0.25, 0.3) is 0 Å². The van der Waals surface area contributed by atoms with Crippen LogP contribution in [0.1, 0.15) is 30.4 Å². The molecule has 2 aromatic rings. The Balaban J connectivity index is 0.000000522. The van der Waals surface area contributed by atoms with Gasteiger partial charge in [0.25, 0.3) is 0 Å². The van der Waals surface area contributed by atoms with Crippen molar-refractivity contribution in [3.05, 3.63) is 77.7 Å². The molecule has 0 bridgehead atoms. The second-order valence-corrected chi connectivity index (χ2v) is 6.81. The molecule has 0 spiro atoms. The molecule has 23 heavy (non-hydrogen) atoms. The third-order valence-corrected chi connectivity index (χ3v) is 4.84. The number of hydrogen-bond donors (Lipinski definition) is 0. The van der Waals surface area contributed by atoms with Gasteiger partial charge in [0.2, 0.25) is 0 Å². The first-order chi connectivity index (χ1) is 10.9. The Morgan fingerprint density at radius 2 is 1.26 bits per heavy atom. The van der Waals surface area contributed by atoms with E-state index in [1.54, 1.807) is 5.88 Å². The van der Waals surface area contributed by atoms with Crippen molar-refractivity contribution in [2.75, 3.05) is 5.88 Å². The predicted octanol–water partition coefficient (Wildman–Crippen LogP) is 6.86. The van der Waals surface area contributed by atoms with Crippen LogP contribution in [-0.2, 0) is 32.7 Å². The largest absolute Gasteiger partial charge is 0.349 e. The van der Waals surface area contributed by atoms with Crippen LogP contribution in [0, 0.1) is 5.88 Å². The van der Waals surface area contributed by atoms with Gasteiger partial charge in [0, 0.05) is 26.3 Å². The van der Waals surface area contributed by atoms with Crippen molar-refractivity contribution in [3.63, 3.8) is 0 Å². The molecule has 0 fully saturated rings. The molecule has 0 atom stereocenters. The number of halogens is 2. The van der Waals surface area contributed by atoms with E-state index in [0.29, 0.717) is 0 Å². The van der Waals surface area contributed by atoms with Crippen molar-refractivity contribution in [2.24, 2.45) is 0 Å². The molecule has 0 radical (unpaired) electrons. The van der Waals surface area contributed by atoms with E-state index in [0.717, 1.165) is 33.7 Å². The summed E-state index contributed by atoms with van der Waals surface area (Å²) in [6.07, 6.45) is 5.58. The molecular weight excluding hydrogens is 437 g/mol. The SMILES string of the molecule is Cl[CH-]CCCCCl.[Pd].c1ccc(CPCc2ccccc2)cc1. The fourth-order valence-electron chi connectivity index (χ4n) is 1.86. The zero-order chi connectivity index (χ0) is 15.9. The molecule has 0 aliphatic heterocycles. The minimum absolute atomic E-state index is 0. The first kappa shape index (κ1) is 23.1. The van der Waals surface area contributed by atoms with Gasteiger partial charge in [0.1, 0.15) is 0 Å². The molecule has 2 aromatic carbocycles. The fraction of sp³-hybridized carbons (Fsp3) is 0.316. The summed E-state index contributed by atoms with van der Waals surface area (Å²) in [6, 6.07) is 21.4. The fourth-order valence-corrected chi connectivity index (χ4v) is 3.38. The molecular formula is C19H24Cl2PPd-. The average molecular weight is 461 g/mol. The van der Waals surface area contributed by atoms with Gasteiger partial charge < -0.3 is 11.6 Å². The predicted molar refractivity (Wildman–Crippen MR) is 103 cm³/mol. The standard InChI is InChI=1S/C14H15P.C5H9Cl2.Pd/c1-3-7-13(8-4-1)11-15-12-14-9-5-2-6-10-14;6-4-2-1-3-5-7;/h1-10,15H,11-12H2;4H,1-3,5H2;/q;-1;. The monoisotopic (exact) mass is 459 g/mol. The zero-order valence-corrected chi connectivity index (χ0v) is 17.2. The molecule has 130 valence electrons. The Bertz CT molecular complexity index is 422. The van der Waals surface area contributed by atoms with Gasteiger partial charge in [0.15, 0.2) is 0 Å². The Kier molecular flexibility index (Phi) is 17.0. The number of unbranched alkanes of at least 4 members (excludes halogenated alkanes) is 2. The number of benzene rings is 2. The molecule has 0 aromatic heterocycles. The van der Waals surface area contributed by atoms with Gasteiger partial charge in [-0.3, -0.25) is 0 Å². The van der Waals surface area contributed by atoms with E-state index in [1.165, 1.54) is 23.5 Å². The van der Waals surface area contributed by atoms with E-state index in [2.05, 4.69) is 60.7 Å². The summed E-state index contributed by atoms with van der Waals surface area (Å²) in [7, 11) is 0.987. The van der Waals surface area contributed by atoms with Gasteiger partial charge in [0.05, 0.1) is 0 Å². The molecule has 0 aliphatic carbocycles. The minimum atomic E-state index is 0. The summed E-state index contributed by atoms with van der Waals surface area (Å²) in [5.41, 5.74) is 2.90. The normalized spacial score (nSPS) is 9.48. The maximum atomic E-state index is 5.38. The molecule has 0 nitrogen and oxygen atoms in total. The molecule has 0 saturated carbocycles. The van der Waals surface area contributed by atoms with Crippen LogP contribution in [0.2, 0.25) is 0 Å². The van der Waals surface area contributed by atoms with Crippen molar-refractivity contribution in [3.8, 4) is 0 Å². The summed E-state index contributed by atoms with van der Waals surface area (Å²) in [6.45, 7) is 0. The van der Waals surface area contributed by atoms with Gasteiger partial charge in [-0.25, -0.2) is 5.88 Å². The second-order valence-electron chi connectivity index (χ2n) is 4.91. The van der Waals surface area contributed by atoms with Crippen molar-refractivity contribution in [1.29, 1.82) is 0 Å². The van der Waals surface area contributed by atoms with Gasteiger partial charge in [-0.1, -0.05) is 67.1 Å². The van der Waals surface area contributed by atoms with E-state index < -0.39 is 0 Å². The van der Waals surface area contributed by atoms with Crippen LogP contribution < -0.4 is 0 Å². The molecule has 0 aliphatic rings. The minimum Gasteiger partial charge on any atom is -0.349 e. The van der Waals surface area contributed by atoms with Crippen LogP contribution in [0.4, 0.5) is 0 Å². The van der Waals surface area contributed by atoms with Crippen molar-refractivity contribution in [2.45, 2.75) is 31.6 Å². The van der Waals surface area contributed by atoms with E-state index in [4.69, 9.17) is 23.2 Å². The van der Waals surface area contributed by atoms with Crippen molar-refractivity contribution in [1.82, 2.24) is 0 Å². The molecule has 0 saturated heterocycles. The molecule has 2 rings (SSSR count). The molecule has 0 N–H and O–H groups in total. The van der Waals surface area contributed by atoms with E-state index in [-0.39, 0.29) is 20.4 Å². The van der Waals surface area contributed by atoms with Gasteiger partial charge in [-0.2, -0.15) is 6.42 Å². The molecule has 0 unspecified atom stereocenters. The maximum Gasteiger partial charge on any atom is 0.0222 e. The first-order valence-corrected chi connectivity index (χ1v) is 10.0. The number of alkyl halides is 1. The summed E-state index contributed by atoms with van der Waals surface area (Å²) in [4.78, 5) is 0. The molecule has 0 amide bonds. The van der Waals surface area contributed by atoms with E-state index in [9.17, 15) is 0 Å². The summed E-state index contributed by atoms with van der Waals surface area (Å²) in [5, 5.41) is 0. The van der Waals surface area contributed by atoms with Crippen LogP contribution >= 0.6 is 31.8 Å². The Morgan fingerprint density at radius 3 is 1.65 bits per heavy atom. The van der Waals surface area contributed by atoms with Crippen molar-refractivity contribution < 1.29 is 20.4 Å². The Labute approximate surface area is 166 Å². The van der Waals surface area contributed by atoms with Crippen molar-refractivity contribution >= 4 is 31.8 Å². The van der Waals surface area contributed by atoms with Crippen LogP contribution in [0.15, 0.2) is 60.7 Å². The van der Waals surface area contributed by atoms with Crippen LogP contribution in [0.5, 0.6) is 0 Å². The van der Waals surface area contributed by atoms with E-state index in [1.807, 2.05) is 0 Å². The summed E-state index contributed by atoms with van der Waals surface area (Å²) >= 11 is 10.6. The smallest absolute Gasteiger partial charge is 0.0222 e. The van der Waals surface area contributed by atoms with Gasteiger partial charge in [-0.15, -0.1) is 20.2 Å². The van der Waals surface area contributed by atoms with E-state index >= 15 is 0 Å². The average Bonchev–Trinajstić information content (AvgIpc) is 2.58. The van der Waals surface area contributed by atoms with Gasteiger partial charge >= 0.3 is 0 Å². The summed E-state index contributed by atoms with van der Waals surface area (Å²) < 4.78 is 0. The summed E-state index contributed by atoms with van der Waals surface area (Å²) in [5.74, 6) is 2.40. The Morgan fingerprint density at radius 1 is 0.783 bits per heavy atom. The topological polar surface area (TPSA) is 0 Å². The zero-order valence-electron chi connectivity index (χ0n) is 13.2. The first-order valence-electron chi connectivity index (χ1n) is 7.63. The van der Waals surface area contributed by atoms with Gasteiger partial charge in [-0.05, 0) is 29.9 Å². The Hall–Kier alpha value is 0.112. The number of rotatable bonds is 8. The maximum absolute atomic E-state index is 5.38. The molecule has 0 heterocycles. The molecule has 4 heteroatoms. The third kappa shape index (κ3) is 13.1. The second kappa shape index (κ2) is 17.0. The van der Waals surface area contributed by atoms with Crippen LogP contribution in [0.3, 0.4) is 0 Å². The quantitative estimate of drug-likeness (QED) is 0.133. The van der Waals surface area contributed by atoms with Crippen LogP contribution in [-0.4, -0.2) is 5.88 Å². The third-order valence-electron chi connectivity index (χ3n) is 3.04. The number of hydrogen-bond acceptors (Lipinski definition) is 0.